The molecule has 0 aliphatic heterocycles. The minimum atomic E-state index is -4.56. The van der Waals surface area contributed by atoms with Gasteiger partial charge in [0, 0.05) is 37.2 Å². The highest BCUT2D eigenvalue weighted by Gasteiger charge is 2.27. The molecule has 0 bridgehead atoms. The van der Waals surface area contributed by atoms with Crippen LogP contribution in [0.5, 0.6) is 11.5 Å². The predicted octanol–water partition coefficient (Wildman–Crippen LogP) is 8.13. The first-order chi connectivity index (χ1) is 20.4. The minimum Gasteiger partial charge on any atom is -0.465 e. The van der Waals surface area contributed by atoms with Gasteiger partial charge in [0.1, 0.15) is 16.4 Å². The highest BCUT2D eigenvalue weighted by Crippen LogP contribution is 2.38. The normalized spacial score (nSPS) is 18.4. The Hall–Kier alpha value is -2.91. The standard InChI is InChI=1S/C34H42O7S/c1-38-33(26-10-5-3-6-11-26)40-28-20-16-24(17-21-28)30-14-9-15-31(32(30)42(35,36)37)25-18-22-29(23-19-25)41-34(39-2)27-12-7-4-8-13-27/h9,14-23,26-27,33-34H,3-8,10-13H2,1-2H3,(H,35,36,37). The van der Waals surface area contributed by atoms with Crippen molar-refractivity contribution in [1.29, 1.82) is 0 Å². The molecule has 0 aromatic heterocycles. The lowest BCUT2D eigenvalue weighted by Crippen LogP contribution is -2.30. The molecule has 0 saturated heterocycles. The molecule has 2 fully saturated rings. The monoisotopic (exact) mass is 594 g/mol. The topological polar surface area (TPSA) is 91.3 Å². The third kappa shape index (κ3) is 7.35. The van der Waals surface area contributed by atoms with Gasteiger partial charge in [-0.2, -0.15) is 8.42 Å². The second kappa shape index (κ2) is 14.0. The fraction of sp³-hybridized carbons (Fsp3) is 0.471. The molecule has 1 N–H and O–H groups in total. The summed E-state index contributed by atoms with van der Waals surface area (Å²) in [6.45, 7) is 0. The Bertz CT molecular complexity index is 1300. The van der Waals surface area contributed by atoms with Gasteiger partial charge in [-0.05, 0) is 61.1 Å². The molecule has 2 aliphatic carbocycles. The second-order valence-corrected chi connectivity index (χ2v) is 12.8. The molecule has 2 atom stereocenters. The molecule has 42 heavy (non-hydrogen) atoms. The van der Waals surface area contributed by atoms with Crippen LogP contribution in [0, 0.1) is 11.8 Å². The second-order valence-electron chi connectivity index (χ2n) is 11.4. The zero-order valence-electron chi connectivity index (χ0n) is 24.5. The van der Waals surface area contributed by atoms with Crippen LogP contribution >= 0.6 is 0 Å². The molecular weight excluding hydrogens is 552 g/mol. The molecule has 5 rings (SSSR count). The van der Waals surface area contributed by atoms with Crippen molar-refractivity contribution in [3.8, 4) is 33.8 Å². The smallest absolute Gasteiger partial charge is 0.295 e. The van der Waals surface area contributed by atoms with Gasteiger partial charge < -0.3 is 18.9 Å². The van der Waals surface area contributed by atoms with Crippen LogP contribution in [0.25, 0.3) is 22.3 Å². The fourth-order valence-electron chi connectivity index (χ4n) is 6.45. The van der Waals surface area contributed by atoms with Gasteiger partial charge in [0.25, 0.3) is 10.1 Å². The third-order valence-corrected chi connectivity index (χ3v) is 9.60. The highest BCUT2D eigenvalue weighted by atomic mass is 32.2. The molecule has 8 heteroatoms. The summed E-state index contributed by atoms with van der Waals surface area (Å²) >= 11 is 0. The van der Waals surface area contributed by atoms with Gasteiger partial charge in [0.2, 0.25) is 12.6 Å². The lowest BCUT2D eigenvalue weighted by Gasteiger charge is -2.29. The number of ether oxygens (including phenoxy) is 4. The van der Waals surface area contributed by atoms with E-state index in [-0.39, 0.29) is 17.5 Å². The number of methoxy groups -OCH3 is 2. The van der Waals surface area contributed by atoms with E-state index in [2.05, 4.69) is 0 Å². The predicted molar refractivity (Wildman–Crippen MR) is 163 cm³/mol. The van der Waals surface area contributed by atoms with E-state index in [0.29, 0.717) is 45.6 Å². The maximum Gasteiger partial charge on any atom is 0.295 e. The Kier molecular flexibility index (Phi) is 10.2. The van der Waals surface area contributed by atoms with E-state index < -0.39 is 10.1 Å². The first-order valence-corrected chi connectivity index (χ1v) is 16.5. The van der Waals surface area contributed by atoms with Crippen molar-refractivity contribution in [3.63, 3.8) is 0 Å². The van der Waals surface area contributed by atoms with Gasteiger partial charge in [-0.15, -0.1) is 0 Å². The van der Waals surface area contributed by atoms with Crippen molar-refractivity contribution in [2.24, 2.45) is 11.8 Å². The van der Waals surface area contributed by atoms with Crippen LogP contribution in [0.2, 0.25) is 0 Å². The number of hydrogen-bond donors (Lipinski definition) is 1. The van der Waals surface area contributed by atoms with Crippen LogP contribution in [0.15, 0.2) is 71.6 Å². The van der Waals surface area contributed by atoms with E-state index in [9.17, 15) is 13.0 Å². The summed E-state index contributed by atoms with van der Waals surface area (Å²) in [5, 5.41) is 0. The Morgan fingerprint density at radius 2 is 1.00 bits per heavy atom. The summed E-state index contributed by atoms with van der Waals surface area (Å²) < 4.78 is 59.5. The molecule has 0 spiro atoms. The van der Waals surface area contributed by atoms with Crippen molar-refractivity contribution in [2.45, 2.75) is 81.7 Å². The maximum absolute atomic E-state index is 12.7. The molecule has 3 aromatic rings. The number of rotatable bonds is 11. The van der Waals surface area contributed by atoms with E-state index in [1.165, 1.54) is 38.5 Å². The zero-order valence-corrected chi connectivity index (χ0v) is 25.4. The Balaban J connectivity index is 1.37. The van der Waals surface area contributed by atoms with Crippen LogP contribution < -0.4 is 9.47 Å². The van der Waals surface area contributed by atoms with Crippen molar-refractivity contribution in [3.05, 3.63) is 66.7 Å². The lowest BCUT2D eigenvalue weighted by atomic mass is 9.89. The molecule has 7 nitrogen and oxygen atoms in total. The Labute approximate surface area is 249 Å². The van der Waals surface area contributed by atoms with Crippen LogP contribution in [0.1, 0.15) is 64.2 Å². The molecule has 2 aliphatic rings. The minimum absolute atomic E-state index is 0.138. The Morgan fingerprint density at radius 3 is 1.33 bits per heavy atom. The van der Waals surface area contributed by atoms with E-state index >= 15 is 0 Å². The van der Waals surface area contributed by atoms with Gasteiger partial charge in [-0.3, -0.25) is 4.55 Å². The molecule has 2 unspecified atom stereocenters. The van der Waals surface area contributed by atoms with Crippen molar-refractivity contribution in [1.82, 2.24) is 0 Å². The Morgan fingerprint density at radius 1 is 0.619 bits per heavy atom. The first kappa shape index (κ1) is 30.5. The van der Waals surface area contributed by atoms with E-state index in [1.54, 1.807) is 32.4 Å². The summed E-state index contributed by atoms with van der Waals surface area (Å²) in [5.74, 6) is 2.02. The number of hydrogen-bond acceptors (Lipinski definition) is 6. The molecular formula is C34H42O7S. The van der Waals surface area contributed by atoms with Crippen LogP contribution in [0.4, 0.5) is 0 Å². The van der Waals surface area contributed by atoms with Crippen molar-refractivity contribution >= 4 is 10.1 Å². The summed E-state index contributed by atoms with van der Waals surface area (Å²) in [6.07, 6.45) is 11.0. The molecule has 0 heterocycles. The van der Waals surface area contributed by atoms with E-state index in [1.807, 2.05) is 48.5 Å². The lowest BCUT2D eigenvalue weighted by molar-refractivity contribution is -0.101. The molecule has 0 radical (unpaired) electrons. The average Bonchev–Trinajstić information content (AvgIpc) is 3.03. The zero-order chi connectivity index (χ0) is 29.5. The number of benzene rings is 3. The molecule has 3 aromatic carbocycles. The van der Waals surface area contributed by atoms with Gasteiger partial charge in [-0.25, -0.2) is 0 Å². The molecule has 0 amide bonds. The van der Waals surface area contributed by atoms with Crippen molar-refractivity contribution in [2.75, 3.05) is 14.2 Å². The van der Waals surface area contributed by atoms with E-state index in [0.717, 1.165) is 25.7 Å². The van der Waals surface area contributed by atoms with Crippen LogP contribution in [-0.2, 0) is 19.6 Å². The maximum atomic E-state index is 12.7. The van der Waals surface area contributed by atoms with Crippen molar-refractivity contribution < 1.29 is 31.9 Å². The molecule has 2 saturated carbocycles. The summed E-state index contributed by atoms with van der Waals surface area (Å²) in [6, 6.07) is 19.7. The van der Waals surface area contributed by atoms with Gasteiger partial charge >= 0.3 is 0 Å². The van der Waals surface area contributed by atoms with Crippen LogP contribution in [-0.4, -0.2) is 39.8 Å². The van der Waals surface area contributed by atoms with E-state index in [4.69, 9.17) is 18.9 Å². The quantitative estimate of drug-likeness (QED) is 0.177. The first-order valence-electron chi connectivity index (χ1n) is 15.1. The average molecular weight is 595 g/mol. The largest absolute Gasteiger partial charge is 0.465 e. The third-order valence-electron chi connectivity index (χ3n) is 8.64. The highest BCUT2D eigenvalue weighted by molar-refractivity contribution is 7.86. The SMILES string of the molecule is COC(Oc1ccc(-c2cccc(-c3ccc(OC(OC)C4CCCCC4)cc3)c2S(=O)(=O)O)cc1)C1CCCCC1. The molecule has 226 valence electrons. The van der Waals surface area contributed by atoms with Gasteiger partial charge in [-0.1, -0.05) is 81.0 Å². The fourth-order valence-corrected chi connectivity index (χ4v) is 7.38. The summed E-state index contributed by atoms with van der Waals surface area (Å²) in [7, 11) is -1.22. The van der Waals surface area contributed by atoms with Gasteiger partial charge in [0.05, 0.1) is 0 Å². The van der Waals surface area contributed by atoms with Crippen LogP contribution in [0.3, 0.4) is 0 Å². The van der Waals surface area contributed by atoms with Gasteiger partial charge in [0.15, 0.2) is 0 Å². The summed E-state index contributed by atoms with van der Waals surface area (Å²) in [4.78, 5) is -0.138. The summed E-state index contributed by atoms with van der Waals surface area (Å²) in [5.41, 5.74) is 2.13.